The van der Waals surface area contributed by atoms with E-state index in [0.717, 1.165) is 24.7 Å². The van der Waals surface area contributed by atoms with Crippen molar-refractivity contribution in [3.63, 3.8) is 0 Å². The highest BCUT2D eigenvalue weighted by Gasteiger charge is 2.34. The molecule has 0 aliphatic carbocycles. The van der Waals surface area contributed by atoms with Gasteiger partial charge in [0.1, 0.15) is 17.2 Å². The Hall–Kier alpha value is -1.20. The zero-order chi connectivity index (χ0) is 11.4. The summed E-state index contributed by atoms with van der Waals surface area (Å²) in [5, 5.41) is 3.26. The standard InChI is InChI=1S/C11H17N3O2/c1-9-12-5-3-10(14-9)13-7-11(15-2)4-6-16-8-11/h3,5H,4,6-8H2,1-2H3,(H,12,13,14). The first-order chi connectivity index (χ1) is 7.74. The Balaban J connectivity index is 1.95. The van der Waals surface area contributed by atoms with Gasteiger partial charge in [-0.15, -0.1) is 0 Å². The Morgan fingerprint density at radius 2 is 2.50 bits per heavy atom. The monoisotopic (exact) mass is 223 g/mol. The third kappa shape index (κ3) is 2.48. The van der Waals surface area contributed by atoms with Crippen molar-refractivity contribution in [3.05, 3.63) is 18.1 Å². The molecule has 1 unspecified atom stereocenters. The molecule has 1 saturated heterocycles. The van der Waals surface area contributed by atoms with Gasteiger partial charge in [-0.25, -0.2) is 9.97 Å². The summed E-state index contributed by atoms with van der Waals surface area (Å²) in [6.07, 6.45) is 2.66. The molecule has 1 N–H and O–H groups in total. The van der Waals surface area contributed by atoms with Gasteiger partial charge < -0.3 is 14.8 Å². The minimum atomic E-state index is -0.209. The maximum Gasteiger partial charge on any atom is 0.129 e. The molecule has 5 heteroatoms. The van der Waals surface area contributed by atoms with Gasteiger partial charge in [0.15, 0.2) is 0 Å². The van der Waals surface area contributed by atoms with Gasteiger partial charge in [0.05, 0.1) is 6.61 Å². The van der Waals surface area contributed by atoms with Crippen LogP contribution in [0.3, 0.4) is 0 Å². The Labute approximate surface area is 95.2 Å². The highest BCUT2D eigenvalue weighted by Crippen LogP contribution is 2.22. The number of ether oxygens (including phenoxy) is 2. The van der Waals surface area contributed by atoms with E-state index in [4.69, 9.17) is 9.47 Å². The number of nitrogens with zero attached hydrogens (tertiary/aromatic N) is 2. The number of nitrogens with one attached hydrogen (secondary N) is 1. The predicted molar refractivity (Wildman–Crippen MR) is 60.4 cm³/mol. The topological polar surface area (TPSA) is 56.3 Å². The van der Waals surface area contributed by atoms with Crippen LogP contribution < -0.4 is 5.32 Å². The third-order valence-corrected chi connectivity index (χ3v) is 2.87. The molecule has 1 aromatic rings. The Morgan fingerprint density at radius 1 is 1.62 bits per heavy atom. The minimum Gasteiger partial charge on any atom is -0.378 e. The fourth-order valence-corrected chi connectivity index (χ4v) is 1.77. The zero-order valence-electron chi connectivity index (χ0n) is 9.69. The van der Waals surface area contributed by atoms with Crippen LogP contribution >= 0.6 is 0 Å². The number of methoxy groups -OCH3 is 1. The first kappa shape index (κ1) is 11.3. The molecule has 0 radical (unpaired) electrons. The van der Waals surface area contributed by atoms with Gasteiger partial charge in [-0.3, -0.25) is 0 Å². The maximum atomic E-state index is 5.52. The second-order valence-electron chi connectivity index (χ2n) is 4.03. The highest BCUT2D eigenvalue weighted by atomic mass is 16.5. The fraction of sp³-hybridized carbons (Fsp3) is 0.636. The van der Waals surface area contributed by atoms with Crippen molar-refractivity contribution in [2.24, 2.45) is 0 Å². The van der Waals surface area contributed by atoms with Crippen LogP contribution in [-0.4, -0.2) is 42.4 Å². The molecular formula is C11H17N3O2. The Kier molecular flexibility index (Phi) is 3.36. The van der Waals surface area contributed by atoms with Gasteiger partial charge in [0, 0.05) is 32.9 Å². The van der Waals surface area contributed by atoms with Crippen molar-refractivity contribution in [2.75, 3.05) is 32.2 Å². The van der Waals surface area contributed by atoms with Gasteiger partial charge in [0.2, 0.25) is 0 Å². The smallest absolute Gasteiger partial charge is 0.129 e. The Bertz CT molecular complexity index is 351. The highest BCUT2D eigenvalue weighted by molar-refractivity contribution is 5.33. The van der Waals surface area contributed by atoms with Crippen molar-refractivity contribution >= 4 is 5.82 Å². The predicted octanol–water partition coefficient (Wildman–Crippen LogP) is 1.00. The van der Waals surface area contributed by atoms with Gasteiger partial charge in [-0.1, -0.05) is 0 Å². The molecule has 1 aromatic heterocycles. The number of anilines is 1. The van der Waals surface area contributed by atoms with Gasteiger partial charge in [-0.05, 0) is 13.0 Å². The summed E-state index contributed by atoms with van der Waals surface area (Å²) in [7, 11) is 1.72. The van der Waals surface area contributed by atoms with E-state index in [0.29, 0.717) is 13.2 Å². The number of rotatable bonds is 4. The first-order valence-electron chi connectivity index (χ1n) is 5.40. The zero-order valence-corrected chi connectivity index (χ0v) is 9.69. The van der Waals surface area contributed by atoms with Crippen LogP contribution in [0.15, 0.2) is 12.3 Å². The molecule has 88 valence electrons. The largest absolute Gasteiger partial charge is 0.378 e. The molecule has 1 aliphatic rings. The average Bonchev–Trinajstić information content (AvgIpc) is 2.76. The number of hydrogen-bond acceptors (Lipinski definition) is 5. The third-order valence-electron chi connectivity index (χ3n) is 2.87. The van der Waals surface area contributed by atoms with Crippen molar-refractivity contribution in [3.8, 4) is 0 Å². The van der Waals surface area contributed by atoms with E-state index in [1.54, 1.807) is 13.3 Å². The van der Waals surface area contributed by atoms with E-state index >= 15 is 0 Å². The molecule has 1 atom stereocenters. The van der Waals surface area contributed by atoms with Gasteiger partial charge >= 0.3 is 0 Å². The van der Waals surface area contributed by atoms with E-state index < -0.39 is 0 Å². The van der Waals surface area contributed by atoms with Crippen molar-refractivity contribution in [1.82, 2.24) is 9.97 Å². The van der Waals surface area contributed by atoms with E-state index in [-0.39, 0.29) is 5.60 Å². The molecule has 0 amide bonds. The Morgan fingerprint density at radius 3 is 3.12 bits per heavy atom. The van der Waals surface area contributed by atoms with Crippen molar-refractivity contribution < 1.29 is 9.47 Å². The van der Waals surface area contributed by atoms with E-state index in [1.807, 2.05) is 13.0 Å². The molecule has 5 nitrogen and oxygen atoms in total. The SMILES string of the molecule is COC1(CNc2ccnc(C)n2)CCOC1. The van der Waals surface area contributed by atoms with E-state index in [2.05, 4.69) is 15.3 Å². The molecular weight excluding hydrogens is 206 g/mol. The molecule has 0 bridgehead atoms. The lowest BCUT2D eigenvalue weighted by Gasteiger charge is -2.26. The van der Waals surface area contributed by atoms with Crippen LogP contribution in [0, 0.1) is 6.92 Å². The number of hydrogen-bond donors (Lipinski definition) is 1. The molecule has 1 fully saturated rings. The van der Waals surface area contributed by atoms with Crippen LogP contribution in [0.4, 0.5) is 5.82 Å². The van der Waals surface area contributed by atoms with E-state index in [9.17, 15) is 0 Å². The van der Waals surface area contributed by atoms with Crippen LogP contribution in [0.1, 0.15) is 12.2 Å². The molecule has 0 saturated carbocycles. The lowest BCUT2D eigenvalue weighted by atomic mass is 10.0. The summed E-state index contributed by atoms with van der Waals surface area (Å²) in [6.45, 7) is 3.98. The van der Waals surface area contributed by atoms with E-state index in [1.165, 1.54) is 0 Å². The molecule has 1 aliphatic heterocycles. The summed E-state index contributed by atoms with van der Waals surface area (Å²) in [4.78, 5) is 8.33. The number of aromatic nitrogens is 2. The molecule has 0 aromatic carbocycles. The van der Waals surface area contributed by atoms with Crippen LogP contribution in [0.2, 0.25) is 0 Å². The molecule has 16 heavy (non-hydrogen) atoms. The lowest BCUT2D eigenvalue weighted by molar-refractivity contribution is -0.00625. The maximum absolute atomic E-state index is 5.52. The first-order valence-corrected chi connectivity index (χ1v) is 5.40. The second-order valence-corrected chi connectivity index (χ2v) is 4.03. The lowest BCUT2D eigenvalue weighted by Crippen LogP contribution is -2.39. The molecule has 2 heterocycles. The summed E-state index contributed by atoms with van der Waals surface area (Å²) in [5.41, 5.74) is -0.209. The van der Waals surface area contributed by atoms with Crippen molar-refractivity contribution in [1.29, 1.82) is 0 Å². The van der Waals surface area contributed by atoms with Crippen LogP contribution in [0.5, 0.6) is 0 Å². The average molecular weight is 223 g/mol. The van der Waals surface area contributed by atoms with Crippen LogP contribution in [-0.2, 0) is 9.47 Å². The fourth-order valence-electron chi connectivity index (χ4n) is 1.77. The number of aryl methyl sites for hydroxylation is 1. The second kappa shape index (κ2) is 4.76. The normalized spacial score (nSPS) is 24.6. The quantitative estimate of drug-likeness (QED) is 0.825. The minimum absolute atomic E-state index is 0.209. The molecule has 2 rings (SSSR count). The summed E-state index contributed by atoms with van der Waals surface area (Å²) in [6, 6.07) is 1.85. The van der Waals surface area contributed by atoms with Gasteiger partial charge in [0.25, 0.3) is 0 Å². The van der Waals surface area contributed by atoms with Crippen LogP contribution in [0.25, 0.3) is 0 Å². The summed E-state index contributed by atoms with van der Waals surface area (Å²) < 4.78 is 10.9. The van der Waals surface area contributed by atoms with Gasteiger partial charge in [-0.2, -0.15) is 0 Å². The summed E-state index contributed by atoms with van der Waals surface area (Å²) in [5.74, 6) is 1.59. The van der Waals surface area contributed by atoms with Crippen molar-refractivity contribution in [2.45, 2.75) is 18.9 Å². The summed E-state index contributed by atoms with van der Waals surface area (Å²) >= 11 is 0. The molecule has 0 spiro atoms.